The highest BCUT2D eigenvalue weighted by Crippen LogP contribution is 2.59. The Labute approximate surface area is 226 Å². The Morgan fingerprint density at radius 2 is 1.46 bits per heavy atom. The van der Waals surface area contributed by atoms with Gasteiger partial charge in [-0.3, -0.25) is 10.1 Å². The smallest absolute Gasteiger partial charge is 0.269 e. The summed E-state index contributed by atoms with van der Waals surface area (Å²) in [5.41, 5.74) is 6.33. The number of aryl methyl sites for hydroxylation is 1. The fraction of sp³-hybridized carbons (Fsp3) is 0.100. The molecular weight excluding hydrogens is 509 g/mol. The van der Waals surface area contributed by atoms with Gasteiger partial charge in [-0.15, -0.1) is 0 Å². The molecule has 194 valence electrons. The van der Waals surface area contributed by atoms with Crippen molar-refractivity contribution in [3.05, 3.63) is 130 Å². The summed E-state index contributed by atoms with van der Waals surface area (Å²) >= 11 is 0. The molecule has 0 bridgehead atoms. The van der Waals surface area contributed by atoms with Gasteiger partial charge in [0.05, 0.1) is 22.5 Å². The number of benzene rings is 3. The molecule has 2 aromatic heterocycles. The van der Waals surface area contributed by atoms with Crippen LogP contribution in [-0.4, -0.2) is 15.7 Å². The Hall–Kier alpha value is -4.68. The van der Waals surface area contributed by atoms with Gasteiger partial charge in [0, 0.05) is 40.1 Å². The zero-order valence-electron chi connectivity index (χ0n) is 21.7. The third-order valence-corrected chi connectivity index (χ3v) is 10.3. The Morgan fingerprint density at radius 1 is 0.821 bits per heavy atom. The predicted molar refractivity (Wildman–Crippen MR) is 157 cm³/mol. The number of furan rings is 1. The van der Waals surface area contributed by atoms with E-state index in [0.29, 0.717) is 11.2 Å². The number of fused-ring (bicyclic) bond motifs is 1. The van der Waals surface area contributed by atoms with E-state index in [2.05, 4.69) is 30.5 Å². The van der Waals surface area contributed by atoms with Crippen LogP contribution >= 0.6 is 7.21 Å². The molecule has 1 atom stereocenters. The number of para-hydroxylation sites is 2. The average molecular weight is 536 g/mol. The van der Waals surface area contributed by atoms with Gasteiger partial charge in [-0.05, 0) is 69.3 Å². The normalized spacial score (nSPS) is 16.2. The largest absolute Gasteiger partial charge is 0.458 e. The van der Waals surface area contributed by atoms with Crippen LogP contribution in [0.15, 0.2) is 111 Å². The number of nitro benzene ring substituents is 1. The topological polar surface area (TPSA) is 89.2 Å². The fourth-order valence-electron chi connectivity index (χ4n) is 5.18. The van der Waals surface area contributed by atoms with Crippen molar-refractivity contribution in [2.24, 2.45) is 9.85 Å². The Kier molecular flexibility index (Phi) is 6.04. The van der Waals surface area contributed by atoms with Crippen LogP contribution in [0.5, 0.6) is 0 Å². The highest BCUT2D eigenvalue weighted by Gasteiger charge is 2.43. The summed E-state index contributed by atoms with van der Waals surface area (Å²) in [5.74, 6) is 0.768. The fourth-order valence-corrected chi connectivity index (χ4v) is 8.85. The molecule has 5 aromatic rings. The first-order valence-corrected chi connectivity index (χ1v) is 14.2. The summed E-state index contributed by atoms with van der Waals surface area (Å²) in [5, 5.41) is 17.4. The zero-order valence-corrected chi connectivity index (χ0v) is 22.6. The molecule has 0 radical (unpaired) electrons. The van der Waals surface area contributed by atoms with E-state index in [1.807, 2.05) is 78.6 Å². The van der Waals surface area contributed by atoms with Gasteiger partial charge in [0.2, 0.25) is 0 Å². The van der Waals surface area contributed by atoms with Gasteiger partial charge in [-0.1, -0.05) is 36.4 Å². The molecule has 3 heterocycles. The van der Waals surface area contributed by atoms with Gasteiger partial charge in [-0.2, -0.15) is 5.10 Å². The van der Waals surface area contributed by atoms with Gasteiger partial charge in [0.25, 0.3) is 5.69 Å². The van der Waals surface area contributed by atoms with Crippen molar-refractivity contribution in [3.8, 4) is 5.69 Å². The molecule has 1 aliphatic rings. The molecule has 6 rings (SSSR count). The van der Waals surface area contributed by atoms with Crippen molar-refractivity contribution < 1.29 is 9.34 Å². The maximum absolute atomic E-state index is 11.3. The molecule has 1 aliphatic heterocycles. The van der Waals surface area contributed by atoms with Crippen LogP contribution in [-0.2, 0) is 0 Å². The number of hydrogen-bond donors (Lipinski definition) is 0. The molecule has 0 N–H and O–H groups in total. The summed E-state index contributed by atoms with van der Waals surface area (Å²) in [7, 11) is -2.97. The van der Waals surface area contributed by atoms with Gasteiger partial charge in [-0.25, -0.2) is 9.52 Å². The number of hydrazone groups is 1. The predicted octanol–water partition coefficient (Wildman–Crippen LogP) is 7.16. The van der Waals surface area contributed by atoms with E-state index in [1.54, 1.807) is 12.1 Å². The van der Waals surface area contributed by atoms with Crippen molar-refractivity contribution in [3.63, 3.8) is 0 Å². The lowest BCUT2D eigenvalue weighted by Gasteiger charge is -2.36. The zero-order chi connectivity index (χ0) is 27.1. The number of nitrogens with zero attached hydrogens (tertiary/aromatic N) is 5. The molecule has 0 saturated carbocycles. The van der Waals surface area contributed by atoms with E-state index in [1.165, 1.54) is 12.1 Å². The van der Waals surface area contributed by atoms with E-state index < -0.39 is 12.1 Å². The maximum atomic E-state index is 11.3. The number of hydrogen-bond acceptors (Lipinski definition) is 5. The van der Waals surface area contributed by atoms with Crippen LogP contribution in [0.4, 0.5) is 17.1 Å². The second-order valence-electron chi connectivity index (χ2n) is 9.33. The van der Waals surface area contributed by atoms with Crippen LogP contribution in [0.3, 0.4) is 0 Å². The lowest BCUT2D eigenvalue weighted by Crippen LogP contribution is -2.34. The molecule has 1 unspecified atom stereocenters. The number of rotatable bonds is 5. The minimum Gasteiger partial charge on any atom is -0.458 e. The van der Waals surface area contributed by atoms with Gasteiger partial charge >= 0.3 is 0 Å². The highest BCUT2D eigenvalue weighted by atomic mass is 31.2. The lowest BCUT2D eigenvalue weighted by atomic mass is 10.2. The van der Waals surface area contributed by atoms with E-state index in [9.17, 15) is 10.1 Å². The molecule has 9 heteroatoms. The van der Waals surface area contributed by atoms with Crippen molar-refractivity contribution in [2.45, 2.75) is 20.8 Å². The standard InChI is InChI=1S/C30H26N5O3P/c1-21-14-19-29(38-21)39(32-24-15-17-27(18-16-24)35(36)37)30-23(3)33(25-10-6-4-7-11-25)22(2)28(30)20-31-34(39)26-12-8-5-9-13-26/h4-20H,1-3H3. The van der Waals surface area contributed by atoms with Crippen molar-refractivity contribution in [1.82, 2.24) is 4.57 Å². The molecule has 0 aliphatic carbocycles. The highest BCUT2D eigenvalue weighted by molar-refractivity contribution is 7.82. The van der Waals surface area contributed by atoms with Gasteiger partial charge in [0.1, 0.15) is 5.76 Å². The molecule has 8 nitrogen and oxygen atoms in total. The minimum atomic E-state index is -2.97. The first-order valence-electron chi connectivity index (χ1n) is 12.5. The molecule has 39 heavy (non-hydrogen) atoms. The second-order valence-corrected chi connectivity index (χ2v) is 12.0. The van der Waals surface area contributed by atoms with Crippen molar-refractivity contribution in [2.75, 3.05) is 4.78 Å². The maximum Gasteiger partial charge on any atom is 0.269 e. The minimum absolute atomic E-state index is 0.0136. The molecular formula is C30H26N5O3P. The monoisotopic (exact) mass is 535 g/mol. The Bertz CT molecular complexity index is 1770. The number of aromatic nitrogens is 1. The summed E-state index contributed by atoms with van der Waals surface area (Å²) in [6.07, 6.45) is 1.91. The molecule has 0 fully saturated rings. The molecule has 0 saturated heterocycles. The van der Waals surface area contributed by atoms with Crippen LogP contribution < -0.4 is 15.6 Å². The van der Waals surface area contributed by atoms with Gasteiger partial charge in [0.15, 0.2) is 12.7 Å². The number of non-ortho nitro benzene ring substituents is 1. The van der Waals surface area contributed by atoms with Crippen LogP contribution in [0.1, 0.15) is 22.7 Å². The SMILES string of the molecule is Cc1ccc(P2(=Nc3ccc([N+](=O)[O-])cc3)c3c(c(C)n(-c4ccccc4)c3C)C=NN2c2ccccc2)o1. The van der Waals surface area contributed by atoms with Crippen molar-refractivity contribution in [1.29, 1.82) is 0 Å². The molecule has 0 spiro atoms. The van der Waals surface area contributed by atoms with Crippen LogP contribution in [0, 0.1) is 30.9 Å². The van der Waals surface area contributed by atoms with Crippen molar-refractivity contribution >= 4 is 41.3 Å². The van der Waals surface area contributed by atoms with Crippen LogP contribution in [0.25, 0.3) is 5.69 Å². The number of nitro groups is 1. The molecule has 0 amide bonds. The van der Waals surface area contributed by atoms with E-state index >= 15 is 0 Å². The summed E-state index contributed by atoms with van der Waals surface area (Å²) < 4.78 is 16.1. The summed E-state index contributed by atoms with van der Waals surface area (Å²) in [6, 6.07) is 30.4. The lowest BCUT2D eigenvalue weighted by molar-refractivity contribution is -0.384. The average Bonchev–Trinajstić information content (AvgIpc) is 3.51. The number of anilines is 1. The van der Waals surface area contributed by atoms with Crippen LogP contribution in [0.2, 0.25) is 0 Å². The van der Waals surface area contributed by atoms with E-state index in [4.69, 9.17) is 14.3 Å². The summed E-state index contributed by atoms with van der Waals surface area (Å²) in [6.45, 7) is 6.12. The molecule has 3 aromatic carbocycles. The summed E-state index contributed by atoms with van der Waals surface area (Å²) in [4.78, 5) is 10.9. The quantitative estimate of drug-likeness (QED) is 0.136. The first kappa shape index (κ1) is 24.6. The van der Waals surface area contributed by atoms with E-state index in [0.717, 1.165) is 39.4 Å². The Morgan fingerprint density at radius 3 is 2.05 bits per heavy atom. The third kappa shape index (κ3) is 4.01. The van der Waals surface area contributed by atoms with Gasteiger partial charge < -0.3 is 8.98 Å². The van der Waals surface area contributed by atoms with E-state index in [-0.39, 0.29) is 5.69 Å². The second kappa shape index (κ2) is 9.57. The Balaban J connectivity index is 1.74. The first-order chi connectivity index (χ1) is 18.9. The third-order valence-electron chi connectivity index (χ3n) is 6.90.